The van der Waals surface area contributed by atoms with Crippen molar-refractivity contribution in [1.29, 1.82) is 0 Å². The molecule has 0 aromatic heterocycles. The van der Waals surface area contributed by atoms with Crippen LogP contribution in [0.5, 0.6) is 0 Å². The van der Waals surface area contributed by atoms with Gasteiger partial charge in [0.2, 0.25) is 0 Å². The Hall–Kier alpha value is -1.70. The van der Waals surface area contributed by atoms with Crippen LogP contribution in [-0.2, 0) is 19.1 Å². The molecule has 8 heteroatoms. The lowest BCUT2D eigenvalue weighted by Crippen LogP contribution is -2.47. The topological polar surface area (TPSA) is 77.4 Å². The van der Waals surface area contributed by atoms with E-state index >= 15 is 0 Å². The number of ether oxygens (including phenoxy) is 2. The zero-order valence-corrected chi connectivity index (χ0v) is 15.6. The van der Waals surface area contributed by atoms with E-state index in [0.717, 1.165) is 19.3 Å². The van der Waals surface area contributed by atoms with Gasteiger partial charge in [0.05, 0.1) is 23.9 Å². The highest BCUT2D eigenvalue weighted by molar-refractivity contribution is 6.31. The van der Waals surface area contributed by atoms with Crippen molar-refractivity contribution in [3.05, 3.63) is 34.6 Å². The van der Waals surface area contributed by atoms with Crippen molar-refractivity contribution in [3.63, 3.8) is 0 Å². The maximum absolute atomic E-state index is 13.1. The molecule has 1 aliphatic rings. The summed E-state index contributed by atoms with van der Waals surface area (Å²) in [5.41, 5.74) is 1.32. The van der Waals surface area contributed by atoms with E-state index in [9.17, 15) is 9.18 Å². The molecule has 0 spiro atoms. The lowest BCUT2D eigenvalue weighted by Gasteiger charge is -2.34. The summed E-state index contributed by atoms with van der Waals surface area (Å²) in [6.07, 6.45) is 2.54. The molecule has 144 valence electrons. The van der Waals surface area contributed by atoms with Crippen LogP contribution >= 0.6 is 11.6 Å². The van der Waals surface area contributed by atoms with Crippen molar-refractivity contribution in [2.24, 2.45) is 11.1 Å². The first-order valence-electron chi connectivity index (χ1n) is 8.45. The molecular formula is C18H23ClFNO5. The number of benzene rings is 1. The maximum Gasteiger partial charge on any atom is 0.364 e. The van der Waals surface area contributed by atoms with Crippen LogP contribution in [0, 0.1) is 11.7 Å². The third kappa shape index (κ3) is 5.65. The summed E-state index contributed by atoms with van der Waals surface area (Å²) in [5.74, 6) is -2.94. The van der Waals surface area contributed by atoms with Crippen LogP contribution in [0.25, 0.3) is 0 Å². The van der Waals surface area contributed by atoms with Crippen LogP contribution in [0.1, 0.15) is 38.7 Å². The Morgan fingerprint density at radius 3 is 2.73 bits per heavy atom. The average Bonchev–Trinajstić information content (AvgIpc) is 2.61. The first kappa shape index (κ1) is 20.6. The van der Waals surface area contributed by atoms with Crippen LogP contribution in [0.2, 0.25) is 5.02 Å². The largest absolute Gasteiger partial charge is 0.477 e. The number of rotatable bonds is 8. The molecule has 1 aromatic rings. The van der Waals surface area contributed by atoms with Crippen LogP contribution in [0.3, 0.4) is 0 Å². The molecule has 1 heterocycles. The van der Waals surface area contributed by atoms with Gasteiger partial charge in [-0.15, -0.1) is 0 Å². The predicted octanol–water partition coefficient (Wildman–Crippen LogP) is 3.85. The molecule has 1 N–H and O–H groups in total. The lowest BCUT2D eigenvalue weighted by molar-refractivity contribution is -0.271. The number of aliphatic carboxylic acids is 1. The molecule has 0 bridgehead atoms. The van der Waals surface area contributed by atoms with Crippen molar-refractivity contribution in [3.8, 4) is 0 Å². The van der Waals surface area contributed by atoms with Gasteiger partial charge < -0.3 is 19.4 Å². The molecule has 1 aromatic carbocycles. The molecule has 0 unspecified atom stereocenters. The van der Waals surface area contributed by atoms with Crippen LogP contribution < -0.4 is 0 Å². The highest BCUT2D eigenvalue weighted by Crippen LogP contribution is 2.24. The summed E-state index contributed by atoms with van der Waals surface area (Å²) in [4.78, 5) is 16.3. The summed E-state index contributed by atoms with van der Waals surface area (Å²) < 4.78 is 23.7. The molecule has 1 fully saturated rings. The van der Waals surface area contributed by atoms with E-state index in [0.29, 0.717) is 31.1 Å². The van der Waals surface area contributed by atoms with Crippen molar-refractivity contribution in [1.82, 2.24) is 0 Å². The molecule has 0 amide bonds. The maximum atomic E-state index is 13.1. The van der Waals surface area contributed by atoms with Crippen LogP contribution in [0.15, 0.2) is 23.4 Å². The number of carboxylic acid groups (broad SMARTS) is 1. The number of halogens is 2. The second kappa shape index (κ2) is 9.30. The zero-order valence-electron chi connectivity index (χ0n) is 14.8. The van der Waals surface area contributed by atoms with Gasteiger partial charge in [0.25, 0.3) is 5.79 Å². The van der Waals surface area contributed by atoms with Gasteiger partial charge in [0.15, 0.2) is 0 Å². The van der Waals surface area contributed by atoms with Crippen LogP contribution in [0.4, 0.5) is 4.39 Å². The van der Waals surface area contributed by atoms with Crippen molar-refractivity contribution >= 4 is 23.3 Å². The monoisotopic (exact) mass is 387 g/mol. The van der Waals surface area contributed by atoms with Crippen molar-refractivity contribution in [2.75, 3.05) is 19.8 Å². The minimum atomic E-state index is -1.53. The fourth-order valence-corrected chi connectivity index (χ4v) is 2.63. The first-order valence-corrected chi connectivity index (χ1v) is 8.83. The van der Waals surface area contributed by atoms with Gasteiger partial charge in [-0.25, -0.2) is 9.18 Å². The molecule has 1 saturated heterocycles. The van der Waals surface area contributed by atoms with Gasteiger partial charge in [-0.2, -0.15) is 0 Å². The molecule has 26 heavy (non-hydrogen) atoms. The van der Waals surface area contributed by atoms with E-state index in [1.807, 2.05) is 0 Å². The second-order valence-corrected chi connectivity index (χ2v) is 6.78. The van der Waals surface area contributed by atoms with Gasteiger partial charge in [0.1, 0.15) is 12.4 Å². The SMILES string of the molecule is C/C(=N/OCCCCC1COC(C)(C(=O)O)OC1)c1ccc(F)c(Cl)c1. The number of hydrogen-bond acceptors (Lipinski definition) is 5. The van der Waals surface area contributed by atoms with E-state index in [1.54, 1.807) is 13.0 Å². The number of carbonyl (C=O) groups is 1. The molecular weight excluding hydrogens is 365 g/mol. The summed E-state index contributed by atoms with van der Waals surface area (Å²) in [6, 6.07) is 4.39. The highest BCUT2D eigenvalue weighted by Gasteiger charge is 2.40. The Labute approximate surface area is 156 Å². The summed E-state index contributed by atoms with van der Waals surface area (Å²) in [5, 5.41) is 13.1. The zero-order chi connectivity index (χ0) is 19.2. The van der Waals surface area contributed by atoms with Gasteiger partial charge in [0, 0.05) is 18.4 Å². The normalized spacial score (nSPS) is 23.7. The fourth-order valence-electron chi connectivity index (χ4n) is 2.45. The van der Waals surface area contributed by atoms with Gasteiger partial charge in [-0.3, -0.25) is 0 Å². The molecule has 0 atom stereocenters. The number of oxime groups is 1. The molecule has 0 saturated carbocycles. The Bertz CT molecular complexity index is 659. The smallest absolute Gasteiger partial charge is 0.364 e. The Kier molecular flexibility index (Phi) is 7.37. The van der Waals surface area contributed by atoms with E-state index in [1.165, 1.54) is 19.1 Å². The van der Waals surface area contributed by atoms with Crippen molar-refractivity contribution < 1.29 is 28.6 Å². The number of nitrogens with zero attached hydrogens (tertiary/aromatic N) is 1. The summed E-state index contributed by atoms with van der Waals surface area (Å²) in [7, 11) is 0. The first-order chi connectivity index (χ1) is 12.3. The van der Waals surface area contributed by atoms with Gasteiger partial charge in [-0.05, 0) is 38.3 Å². The molecule has 2 rings (SSSR count). The number of unbranched alkanes of at least 4 members (excludes halogenated alkanes) is 1. The van der Waals surface area contributed by atoms with E-state index < -0.39 is 17.6 Å². The standard InChI is InChI=1S/C18H23ClFNO5/c1-12(14-6-7-16(20)15(19)9-14)21-26-8-4-3-5-13-10-24-18(2,17(22)23)25-11-13/h6-7,9,13H,3-5,8,10-11H2,1-2H3,(H,22,23)/b21-12-. The molecule has 6 nitrogen and oxygen atoms in total. The quantitative estimate of drug-likeness (QED) is 0.416. The molecule has 0 aliphatic carbocycles. The highest BCUT2D eigenvalue weighted by atomic mass is 35.5. The van der Waals surface area contributed by atoms with E-state index in [2.05, 4.69) is 5.16 Å². The molecule has 1 aliphatic heterocycles. The Morgan fingerprint density at radius 1 is 1.42 bits per heavy atom. The second-order valence-electron chi connectivity index (χ2n) is 6.37. The fraction of sp³-hybridized carbons (Fsp3) is 0.556. The lowest BCUT2D eigenvalue weighted by atomic mass is 10.0. The number of hydrogen-bond donors (Lipinski definition) is 1. The summed E-state index contributed by atoms with van der Waals surface area (Å²) >= 11 is 5.75. The summed E-state index contributed by atoms with van der Waals surface area (Å²) in [6.45, 7) is 4.36. The third-order valence-electron chi connectivity index (χ3n) is 4.21. The van der Waals surface area contributed by atoms with Crippen LogP contribution in [-0.4, -0.2) is 42.4 Å². The average molecular weight is 388 g/mol. The number of carboxylic acids is 1. The third-order valence-corrected chi connectivity index (χ3v) is 4.50. The van der Waals surface area contributed by atoms with E-state index in [4.69, 9.17) is 31.0 Å². The van der Waals surface area contributed by atoms with Gasteiger partial charge in [-0.1, -0.05) is 22.8 Å². The Morgan fingerprint density at radius 2 is 2.12 bits per heavy atom. The van der Waals surface area contributed by atoms with E-state index in [-0.39, 0.29) is 10.9 Å². The van der Waals surface area contributed by atoms with Crippen molar-refractivity contribution in [2.45, 2.75) is 38.9 Å². The minimum Gasteiger partial charge on any atom is -0.477 e. The van der Waals surface area contributed by atoms with Gasteiger partial charge >= 0.3 is 5.97 Å². The minimum absolute atomic E-state index is 0.0490. The predicted molar refractivity (Wildman–Crippen MR) is 94.9 cm³/mol. The Balaban J connectivity index is 1.63. The molecule has 0 radical (unpaired) electrons.